The number of rotatable bonds is 6. The fourth-order valence-corrected chi connectivity index (χ4v) is 3.69. The molecule has 0 fully saturated rings. The van der Waals surface area contributed by atoms with Gasteiger partial charge in [-0.25, -0.2) is 13.1 Å². The van der Waals surface area contributed by atoms with Crippen LogP contribution in [0.25, 0.3) is 0 Å². The molecule has 0 radical (unpaired) electrons. The van der Waals surface area contributed by atoms with Crippen LogP contribution in [0.3, 0.4) is 0 Å². The second-order valence-corrected chi connectivity index (χ2v) is 7.74. The summed E-state index contributed by atoms with van der Waals surface area (Å²) in [5.41, 5.74) is 6.99. The monoisotopic (exact) mass is 322 g/mol. The van der Waals surface area contributed by atoms with Gasteiger partial charge in [0.1, 0.15) is 0 Å². The van der Waals surface area contributed by atoms with Gasteiger partial charge in [-0.15, -0.1) is 0 Å². The van der Waals surface area contributed by atoms with Crippen molar-refractivity contribution in [2.45, 2.75) is 30.5 Å². The largest absolute Gasteiger partial charge is 0.326 e. The summed E-state index contributed by atoms with van der Waals surface area (Å²) in [4.78, 5) is 0.203. The smallest absolute Gasteiger partial charge is 0.240 e. The van der Waals surface area contributed by atoms with Gasteiger partial charge < -0.3 is 5.73 Å². The normalized spacial score (nSPS) is 13.5. The summed E-state index contributed by atoms with van der Waals surface area (Å²) in [6, 6.07) is 3.16. The first-order valence-electron chi connectivity index (χ1n) is 5.83. The molecule has 0 saturated heterocycles. The van der Waals surface area contributed by atoms with Gasteiger partial charge in [0.05, 0.1) is 4.90 Å². The van der Waals surface area contributed by atoms with Crippen molar-refractivity contribution in [3.63, 3.8) is 0 Å². The van der Waals surface area contributed by atoms with Gasteiger partial charge in [0, 0.05) is 23.4 Å². The third kappa shape index (κ3) is 4.36. The second-order valence-electron chi connectivity index (χ2n) is 4.29. The van der Waals surface area contributed by atoms with Crippen LogP contribution in [0.2, 0.25) is 5.02 Å². The lowest BCUT2D eigenvalue weighted by Gasteiger charge is -2.14. The van der Waals surface area contributed by atoms with E-state index < -0.39 is 10.0 Å². The Kier molecular flexibility index (Phi) is 6.14. The van der Waals surface area contributed by atoms with Crippen LogP contribution in [0.1, 0.15) is 18.1 Å². The SMILES string of the molecule is CSC(C)CNS(=O)(=O)c1cc(Cl)cc(CN)c1C. The van der Waals surface area contributed by atoms with Crippen molar-refractivity contribution >= 4 is 33.4 Å². The van der Waals surface area contributed by atoms with Crippen LogP contribution in [0, 0.1) is 6.92 Å². The van der Waals surface area contributed by atoms with Gasteiger partial charge in [0.2, 0.25) is 10.0 Å². The molecule has 0 aliphatic heterocycles. The Labute approximate surface area is 124 Å². The van der Waals surface area contributed by atoms with Crippen molar-refractivity contribution in [3.05, 3.63) is 28.3 Å². The van der Waals surface area contributed by atoms with Crippen molar-refractivity contribution in [3.8, 4) is 0 Å². The molecule has 0 amide bonds. The predicted molar refractivity (Wildman–Crippen MR) is 82.2 cm³/mol. The predicted octanol–water partition coefficient (Wildman–Crippen LogP) is 2.14. The quantitative estimate of drug-likeness (QED) is 0.841. The van der Waals surface area contributed by atoms with E-state index in [4.69, 9.17) is 17.3 Å². The Morgan fingerprint density at radius 1 is 1.47 bits per heavy atom. The fourth-order valence-electron chi connectivity index (χ4n) is 1.59. The van der Waals surface area contributed by atoms with Crippen molar-refractivity contribution in [1.82, 2.24) is 4.72 Å². The van der Waals surface area contributed by atoms with Crippen molar-refractivity contribution in [1.29, 1.82) is 0 Å². The zero-order chi connectivity index (χ0) is 14.6. The van der Waals surface area contributed by atoms with Crippen LogP contribution in [0.5, 0.6) is 0 Å². The molecule has 3 N–H and O–H groups in total. The van der Waals surface area contributed by atoms with E-state index in [1.165, 1.54) is 6.07 Å². The van der Waals surface area contributed by atoms with Gasteiger partial charge in [0.25, 0.3) is 0 Å². The van der Waals surface area contributed by atoms with Crippen LogP contribution in [0.15, 0.2) is 17.0 Å². The van der Waals surface area contributed by atoms with E-state index in [0.717, 1.165) is 5.56 Å². The minimum atomic E-state index is -3.55. The van der Waals surface area contributed by atoms with E-state index in [-0.39, 0.29) is 16.7 Å². The minimum Gasteiger partial charge on any atom is -0.326 e. The molecule has 1 rings (SSSR count). The van der Waals surface area contributed by atoms with Gasteiger partial charge >= 0.3 is 0 Å². The average Bonchev–Trinajstić information content (AvgIpc) is 2.38. The fraction of sp³-hybridized carbons (Fsp3) is 0.500. The molecule has 0 spiro atoms. The molecule has 0 aliphatic carbocycles. The van der Waals surface area contributed by atoms with Crippen molar-refractivity contribution in [2.24, 2.45) is 5.73 Å². The molecule has 1 atom stereocenters. The summed E-state index contributed by atoms with van der Waals surface area (Å²) < 4.78 is 27.1. The number of sulfonamides is 1. The summed E-state index contributed by atoms with van der Waals surface area (Å²) in [6.07, 6.45) is 1.94. The Hall–Kier alpha value is -0.270. The Morgan fingerprint density at radius 3 is 2.63 bits per heavy atom. The molecular weight excluding hydrogens is 304 g/mol. The maximum atomic E-state index is 12.3. The third-order valence-electron chi connectivity index (χ3n) is 2.90. The first kappa shape index (κ1) is 16.8. The number of halogens is 1. The van der Waals surface area contributed by atoms with E-state index in [0.29, 0.717) is 17.1 Å². The molecule has 0 aromatic heterocycles. The Bertz CT molecular complexity index is 547. The lowest BCUT2D eigenvalue weighted by molar-refractivity contribution is 0.580. The van der Waals surface area contributed by atoms with E-state index in [2.05, 4.69) is 4.72 Å². The Morgan fingerprint density at radius 2 is 2.11 bits per heavy atom. The van der Waals surface area contributed by atoms with E-state index >= 15 is 0 Å². The van der Waals surface area contributed by atoms with E-state index in [1.807, 2.05) is 13.2 Å². The molecule has 0 saturated carbocycles. The first-order chi connectivity index (χ1) is 8.81. The number of benzene rings is 1. The zero-order valence-corrected chi connectivity index (χ0v) is 13.6. The average molecular weight is 323 g/mol. The second kappa shape index (κ2) is 6.95. The van der Waals surface area contributed by atoms with Crippen LogP contribution >= 0.6 is 23.4 Å². The van der Waals surface area contributed by atoms with Crippen LogP contribution in [-0.4, -0.2) is 26.5 Å². The number of nitrogens with two attached hydrogens (primary N) is 1. The van der Waals surface area contributed by atoms with Gasteiger partial charge in [0.15, 0.2) is 0 Å². The lowest BCUT2D eigenvalue weighted by atomic mass is 10.1. The summed E-state index contributed by atoms with van der Waals surface area (Å²) in [7, 11) is -3.55. The summed E-state index contributed by atoms with van der Waals surface area (Å²) >= 11 is 7.55. The number of hydrogen-bond acceptors (Lipinski definition) is 4. The van der Waals surface area contributed by atoms with E-state index in [9.17, 15) is 8.42 Å². The van der Waals surface area contributed by atoms with Crippen molar-refractivity contribution in [2.75, 3.05) is 12.8 Å². The number of hydrogen-bond donors (Lipinski definition) is 2. The Balaban J connectivity index is 3.11. The first-order valence-corrected chi connectivity index (χ1v) is 8.98. The van der Waals surface area contributed by atoms with Crippen LogP contribution < -0.4 is 10.5 Å². The summed E-state index contributed by atoms with van der Waals surface area (Å²) in [5.74, 6) is 0. The van der Waals surface area contributed by atoms with Gasteiger partial charge in [-0.05, 0) is 36.4 Å². The maximum absolute atomic E-state index is 12.3. The molecule has 0 heterocycles. The highest BCUT2D eigenvalue weighted by Gasteiger charge is 2.19. The van der Waals surface area contributed by atoms with E-state index in [1.54, 1.807) is 24.8 Å². The molecule has 0 bridgehead atoms. The molecule has 4 nitrogen and oxygen atoms in total. The summed E-state index contributed by atoms with van der Waals surface area (Å²) in [5, 5.41) is 0.590. The third-order valence-corrected chi connectivity index (χ3v) is 5.64. The number of thioether (sulfide) groups is 1. The molecule has 1 unspecified atom stereocenters. The van der Waals surface area contributed by atoms with Crippen LogP contribution in [-0.2, 0) is 16.6 Å². The lowest BCUT2D eigenvalue weighted by Crippen LogP contribution is -2.30. The summed E-state index contributed by atoms with van der Waals surface area (Å²) in [6.45, 7) is 4.35. The molecule has 19 heavy (non-hydrogen) atoms. The highest BCUT2D eigenvalue weighted by Crippen LogP contribution is 2.24. The zero-order valence-electron chi connectivity index (χ0n) is 11.2. The highest BCUT2D eigenvalue weighted by atomic mass is 35.5. The molecule has 7 heteroatoms. The molecule has 0 aliphatic rings. The standard InChI is InChI=1S/C12H19ClN2O2S2/c1-8(18-3)7-15-19(16,17)12-5-11(13)4-10(6-14)9(12)2/h4-5,8,15H,6-7,14H2,1-3H3. The van der Waals surface area contributed by atoms with Gasteiger partial charge in [-0.3, -0.25) is 0 Å². The topological polar surface area (TPSA) is 72.2 Å². The molecular formula is C12H19ClN2O2S2. The number of nitrogens with one attached hydrogen (secondary N) is 1. The minimum absolute atomic E-state index is 0.203. The molecule has 1 aromatic carbocycles. The van der Waals surface area contributed by atoms with Gasteiger partial charge in [-0.2, -0.15) is 11.8 Å². The van der Waals surface area contributed by atoms with Gasteiger partial charge in [-0.1, -0.05) is 18.5 Å². The molecule has 108 valence electrons. The van der Waals surface area contributed by atoms with Crippen molar-refractivity contribution < 1.29 is 8.42 Å². The molecule has 1 aromatic rings. The highest BCUT2D eigenvalue weighted by molar-refractivity contribution is 7.99. The maximum Gasteiger partial charge on any atom is 0.240 e. The van der Waals surface area contributed by atoms with Crippen LogP contribution in [0.4, 0.5) is 0 Å².